The first-order chi connectivity index (χ1) is 9.00. The van der Waals surface area contributed by atoms with Crippen molar-refractivity contribution in [1.82, 2.24) is 15.1 Å². The van der Waals surface area contributed by atoms with Crippen LogP contribution in [0.4, 0.5) is 4.79 Å². The van der Waals surface area contributed by atoms with Gasteiger partial charge in [-0.05, 0) is 32.4 Å². The predicted molar refractivity (Wildman–Crippen MR) is 73.1 cm³/mol. The van der Waals surface area contributed by atoms with Gasteiger partial charge in [-0.15, -0.1) is 0 Å². The van der Waals surface area contributed by atoms with Crippen LogP contribution >= 0.6 is 0 Å². The summed E-state index contributed by atoms with van der Waals surface area (Å²) in [6.45, 7) is 5.93. The van der Waals surface area contributed by atoms with Gasteiger partial charge in [0.15, 0.2) is 0 Å². The molecule has 110 valence electrons. The molecule has 1 aliphatic rings. The van der Waals surface area contributed by atoms with E-state index in [1.807, 2.05) is 0 Å². The number of amides is 2. The number of nitrogens with zero attached hydrogens (tertiary/aromatic N) is 2. The molecule has 6 heteroatoms. The summed E-state index contributed by atoms with van der Waals surface area (Å²) in [7, 11) is 1.77. The summed E-state index contributed by atoms with van der Waals surface area (Å²) in [6, 6.07) is -0.128. The number of nitrogens with one attached hydrogen (secondary N) is 1. The molecule has 0 aromatic carbocycles. The van der Waals surface area contributed by atoms with E-state index >= 15 is 0 Å². The Kier molecular flexibility index (Phi) is 6.62. The Balaban J connectivity index is 2.12. The zero-order valence-electron chi connectivity index (χ0n) is 11.9. The highest BCUT2D eigenvalue weighted by atomic mass is 16.4. The van der Waals surface area contributed by atoms with Gasteiger partial charge in [-0.25, -0.2) is 4.79 Å². The maximum absolute atomic E-state index is 11.7. The van der Waals surface area contributed by atoms with Crippen molar-refractivity contribution >= 4 is 12.0 Å². The third-order valence-electron chi connectivity index (χ3n) is 3.57. The Bertz CT molecular complexity index is 304. The monoisotopic (exact) mass is 271 g/mol. The van der Waals surface area contributed by atoms with Crippen molar-refractivity contribution in [2.75, 3.05) is 39.8 Å². The van der Waals surface area contributed by atoms with Gasteiger partial charge in [-0.1, -0.05) is 6.92 Å². The Hall–Kier alpha value is -1.30. The third kappa shape index (κ3) is 5.92. The molecule has 0 aliphatic carbocycles. The lowest BCUT2D eigenvalue weighted by atomic mass is 10.1. The number of carboxylic acid groups (broad SMARTS) is 1. The van der Waals surface area contributed by atoms with Crippen molar-refractivity contribution in [1.29, 1.82) is 0 Å². The Labute approximate surface area is 114 Å². The topological polar surface area (TPSA) is 72.9 Å². The minimum atomic E-state index is -0.823. The zero-order valence-corrected chi connectivity index (χ0v) is 11.9. The first-order valence-corrected chi connectivity index (χ1v) is 6.95. The first kappa shape index (κ1) is 15.8. The van der Waals surface area contributed by atoms with E-state index in [2.05, 4.69) is 10.2 Å². The SMILES string of the molecule is CC(CCNC(=O)N(C)CCN1CCCC1)C(=O)O. The van der Waals surface area contributed by atoms with E-state index in [4.69, 9.17) is 5.11 Å². The molecule has 0 bridgehead atoms. The number of likely N-dealkylation sites (N-methyl/N-ethyl adjacent to an activating group) is 1. The third-order valence-corrected chi connectivity index (χ3v) is 3.57. The summed E-state index contributed by atoms with van der Waals surface area (Å²) < 4.78 is 0. The Morgan fingerprint density at radius 1 is 1.37 bits per heavy atom. The average molecular weight is 271 g/mol. The van der Waals surface area contributed by atoms with Crippen molar-refractivity contribution in [2.24, 2.45) is 5.92 Å². The number of urea groups is 1. The van der Waals surface area contributed by atoms with Gasteiger partial charge in [0, 0.05) is 26.7 Å². The highest BCUT2D eigenvalue weighted by Gasteiger charge is 2.15. The van der Waals surface area contributed by atoms with Crippen LogP contribution < -0.4 is 5.32 Å². The van der Waals surface area contributed by atoms with Gasteiger partial charge in [0.05, 0.1) is 5.92 Å². The summed E-state index contributed by atoms with van der Waals surface area (Å²) in [5.74, 6) is -1.24. The van der Waals surface area contributed by atoms with Crippen LogP contribution in [-0.4, -0.2) is 66.7 Å². The first-order valence-electron chi connectivity index (χ1n) is 6.95. The molecule has 0 radical (unpaired) electrons. The summed E-state index contributed by atoms with van der Waals surface area (Å²) in [6.07, 6.45) is 2.97. The molecule has 2 amide bonds. The second kappa shape index (κ2) is 7.99. The summed E-state index contributed by atoms with van der Waals surface area (Å²) in [5, 5.41) is 11.5. The molecule has 0 aromatic heterocycles. The van der Waals surface area contributed by atoms with E-state index in [0.717, 1.165) is 19.6 Å². The number of rotatable bonds is 7. The molecule has 2 N–H and O–H groups in total. The maximum Gasteiger partial charge on any atom is 0.317 e. The van der Waals surface area contributed by atoms with Gasteiger partial charge in [-0.3, -0.25) is 4.79 Å². The largest absolute Gasteiger partial charge is 0.481 e. The lowest BCUT2D eigenvalue weighted by Gasteiger charge is -2.22. The number of hydrogen-bond donors (Lipinski definition) is 2. The van der Waals surface area contributed by atoms with Crippen LogP contribution in [0.3, 0.4) is 0 Å². The van der Waals surface area contributed by atoms with E-state index in [0.29, 0.717) is 19.5 Å². The molecule has 1 aliphatic heterocycles. The molecule has 1 rings (SSSR count). The molecule has 0 saturated carbocycles. The van der Waals surface area contributed by atoms with Crippen molar-refractivity contribution in [3.8, 4) is 0 Å². The summed E-state index contributed by atoms with van der Waals surface area (Å²) in [5.41, 5.74) is 0. The molecular weight excluding hydrogens is 246 g/mol. The minimum Gasteiger partial charge on any atom is -0.481 e. The maximum atomic E-state index is 11.7. The Morgan fingerprint density at radius 3 is 2.58 bits per heavy atom. The fraction of sp³-hybridized carbons (Fsp3) is 0.846. The smallest absolute Gasteiger partial charge is 0.317 e. The second-order valence-corrected chi connectivity index (χ2v) is 5.23. The van der Waals surface area contributed by atoms with E-state index in [1.54, 1.807) is 18.9 Å². The lowest BCUT2D eigenvalue weighted by Crippen LogP contribution is -2.41. The molecular formula is C13H25N3O3. The molecule has 19 heavy (non-hydrogen) atoms. The Morgan fingerprint density at radius 2 is 2.00 bits per heavy atom. The highest BCUT2D eigenvalue weighted by molar-refractivity contribution is 5.74. The molecule has 6 nitrogen and oxygen atoms in total. The second-order valence-electron chi connectivity index (χ2n) is 5.23. The zero-order chi connectivity index (χ0) is 14.3. The number of aliphatic carboxylic acids is 1. The number of carbonyl (C=O) groups excluding carboxylic acids is 1. The fourth-order valence-corrected chi connectivity index (χ4v) is 2.05. The molecule has 1 unspecified atom stereocenters. The van der Waals surface area contributed by atoms with E-state index in [1.165, 1.54) is 12.8 Å². The van der Waals surface area contributed by atoms with Gasteiger partial charge in [0.25, 0.3) is 0 Å². The van der Waals surface area contributed by atoms with E-state index in [9.17, 15) is 9.59 Å². The molecule has 1 heterocycles. The standard InChI is InChI=1S/C13H25N3O3/c1-11(12(17)18)5-6-14-13(19)15(2)9-10-16-7-3-4-8-16/h11H,3-10H2,1-2H3,(H,14,19)(H,17,18). The van der Waals surface area contributed by atoms with Crippen LogP contribution in [0.2, 0.25) is 0 Å². The average Bonchev–Trinajstić information content (AvgIpc) is 2.88. The fourth-order valence-electron chi connectivity index (χ4n) is 2.05. The molecule has 0 spiro atoms. The van der Waals surface area contributed by atoms with Crippen molar-refractivity contribution < 1.29 is 14.7 Å². The number of carbonyl (C=O) groups is 2. The van der Waals surface area contributed by atoms with Crippen molar-refractivity contribution in [3.05, 3.63) is 0 Å². The predicted octanol–water partition coefficient (Wildman–Crippen LogP) is 0.834. The van der Waals surface area contributed by atoms with Gasteiger partial charge in [0.1, 0.15) is 0 Å². The number of carboxylic acids is 1. The summed E-state index contributed by atoms with van der Waals surface area (Å²) in [4.78, 5) is 26.4. The molecule has 0 aromatic rings. The van der Waals surface area contributed by atoms with E-state index < -0.39 is 11.9 Å². The molecule has 1 saturated heterocycles. The quantitative estimate of drug-likeness (QED) is 0.719. The van der Waals surface area contributed by atoms with Gasteiger partial charge >= 0.3 is 12.0 Å². The van der Waals surface area contributed by atoms with Crippen LogP contribution in [0, 0.1) is 5.92 Å². The highest BCUT2D eigenvalue weighted by Crippen LogP contribution is 2.06. The normalized spacial score (nSPS) is 17.2. The lowest BCUT2D eigenvalue weighted by molar-refractivity contribution is -0.141. The number of hydrogen-bond acceptors (Lipinski definition) is 3. The van der Waals surface area contributed by atoms with Crippen molar-refractivity contribution in [2.45, 2.75) is 26.2 Å². The number of likely N-dealkylation sites (tertiary alicyclic amines) is 1. The summed E-state index contributed by atoms with van der Waals surface area (Å²) >= 11 is 0. The van der Waals surface area contributed by atoms with E-state index in [-0.39, 0.29) is 6.03 Å². The van der Waals surface area contributed by atoms with Crippen LogP contribution in [0.15, 0.2) is 0 Å². The van der Waals surface area contributed by atoms with Crippen LogP contribution in [0.1, 0.15) is 26.2 Å². The van der Waals surface area contributed by atoms with Crippen LogP contribution in [0.25, 0.3) is 0 Å². The van der Waals surface area contributed by atoms with Crippen LogP contribution in [-0.2, 0) is 4.79 Å². The molecule has 1 atom stereocenters. The molecule has 1 fully saturated rings. The van der Waals surface area contributed by atoms with Gasteiger partial charge < -0.3 is 20.2 Å². The van der Waals surface area contributed by atoms with Gasteiger partial charge in [0.2, 0.25) is 0 Å². The van der Waals surface area contributed by atoms with Crippen molar-refractivity contribution in [3.63, 3.8) is 0 Å². The van der Waals surface area contributed by atoms with Crippen LogP contribution in [0.5, 0.6) is 0 Å². The van der Waals surface area contributed by atoms with Gasteiger partial charge in [-0.2, -0.15) is 0 Å². The minimum absolute atomic E-state index is 0.128.